The molecule has 2 heterocycles. The summed E-state index contributed by atoms with van der Waals surface area (Å²) >= 11 is 0. The Hall–Kier alpha value is -2.61. The first kappa shape index (κ1) is 18.2. The predicted molar refractivity (Wildman–Crippen MR) is 94.1 cm³/mol. The maximum absolute atomic E-state index is 12.4. The Morgan fingerprint density at radius 3 is 2.92 bits per heavy atom. The maximum Gasteiger partial charge on any atom is 0.237 e. The first-order valence-electron chi connectivity index (χ1n) is 8.71. The minimum absolute atomic E-state index is 0.0231. The quantitative estimate of drug-likeness (QED) is 0.796. The summed E-state index contributed by atoms with van der Waals surface area (Å²) in [6.45, 7) is 6.26. The van der Waals surface area contributed by atoms with Crippen LogP contribution in [0.15, 0.2) is 22.7 Å². The standard InChI is InChI=1S/C18H24N4O4/c1-4-25-15-6-5-13(9-16(15)24-3)11-22-8-7-19-18(23)14(22)10-17-20-12(2)21-26-17/h5-6,9,14H,4,7-8,10-11H2,1-3H3,(H,19,23). The van der Waals surface area contributed by atoms with Gasteiger partial charge in [-0.1, -0.05) is 11.2 Å². The molecule has 1 aliphatic heterocycles. The molecule has 8 nitrogen and oxygen atoms in total. The molecule has 0 bridgehead atoms. The van der Waals surface area contributed by atoms with E-state index in [0.29, 0.717) is 49.3 Å². The van der Waals surface area contributed by atoms with Crippen LogP contribution in [0.4, 0.5) is 0 Å². The minimum Gasteiger partial charge on any atom is -0.493 e. The topological polar surface area (TPSA) is 89.7 Å². The van der Waals surface area contributed by atoms with E-state index in [4.69, 9.17) is 14.0 Å². The third-order valence-corrected chi connectivity index (χ3v) is 4.29. The van der Waals surface area contributed by atoms with E-state index in [1.807, 2.05) is 25.1 Å². The van der Waals surface area contributed by atoms with E-state index in [-0.39, 0.29) is 11.9 Å². The van der Waals surface area contributed by atoms with E-state index < -0.39 is 0 Å². The molecule has 1 atom stereocenters. The van der Waals surface area contributed by atoms with Crippen LogP contribution in [-0.2, 0) is 17.8 Å². The van der Waals surface area contributed by atoms with Crippen molar-refractivity contribution < 1.29 is 18.8 Å². The largest absolute Gasteiger partial charge is 0.493 e. The molecular weight excluding hydrogens is 336 g/mol. The van der Waals surface area contributed by atoms with Crippen molar-refractivity contribution in [1.29, 1.82) is 0 Å². The number of ether oxygens (including phenoxy) is 2. The number of nitrogens with one attached hydrogen (secondary N) is 1. The van der Waals surface area contributed by atoms with Gasteiger partial charge in [0.25, 0.3) is 0 Å². The van der Waals surface area contributed by atoms with E-state index in [0.717, 1.165) is 12.1 Å². The number of rotatable bonds is 7. The Labute approximate surface area is 152 Å². The number of piperazine rings is 1. The predicted octanol–water partition coefficient (Wildman–Crippen LogP) is 1.33. The third kappa shape index (κ3) is 4.13. The molecule has 0 spiro atoms. The molecule has 0 aliphatic carbocycles. The number of aromatic nitrogens is 2. The van der Waals surface area contributed by atoms with Crippen molar-refractivity contribution in [2.45, 2.75) is 32.9 Å². The molecule has 1 aromatic carbocycles. The van der Waals surface area contributed by atoms with Crippen LogP contribution in [0.2, 0.25) is 0 Å². The van der Waals surface area contributed by atoms with Crippen LogP contribution in [0.25, 0.3) is 0 Å². The summed E-state index contributed by atoms with van der Waals surface area (Å²) in [5.74, 6) is 2.42. The second kappa shape index (κ2) is 8.18. The fourth-order valence-corrected chi connectivity index (χ4v) is 3.08. The van der Waals surface area contributed by atoms with Gasteiger partial charge in [-0.15, -0.1) is 0 Å². The van der Waals surface area contributed by atoms with Crippen molar-refractivity contribution >= 4 is 5.91 Å². The summed E-state index contributed by atoms with van der Waals surface area (Å²) in [5.41, 5.74) is 1.05. The van der Waals surface area contributed by atoms with Gasteiger partial charge in [-0.2, -0.15) is 4.98 Å². The molecule has 1 unspecified atom stereocenters. The summed E-state index contributed by atoms with van der Waals surface area (Å²) in [6.07, 6.45) is 0.390. The van der Waals surface area contributed by atoms with E-state index in [2.05, 4.69) is 20.4 Å². The van der Waals surface area contributed by atoms with E-state index >= 15 is 0 Å². The molecule has 140 valence electrons. The molecule has 0 saturated carbocycles. The lowest BCUT2D eigenvalue weighted by molar-refractivity contribution is -0.129. The summed E-state index contributed by atoms with van der Waals surface area (Å²) < 4.78 is 16.2. The number of nitrogens with zero attached hydrogens (tertiary/aromatic N) is 3. The zero-order valence-electron chi connectivity index (χ0n) is 15.3. The number of aryl methyl sites for hydroxylation is 1. The fraction of sp³-hybridized carbons (Fsp3) is 0.500. The van der Waals surface area contributed by atoms with Crippen LogP contribution in [0.5, 0.6) is 11.5 Å². The number of carbonyl (C=O) groups excluding carboxylic acids is 1. The number of benzene rings is 1. The molecule has 1 amide bonds. The highest BCUT2D eigenvalue weighted by Crippen LogP contribution is 2.29. The Balaban J connectivity index is 1.76. The number of amides is 1. The molecule has 3 rings (SSSR count). The Bertz CT molecular complexity index is 761. The van der Waals surface area contributed by atoms with Crippen molar-refractivity contribution in [3.8, 4) is 11.5 Å². The number of hydrogen-bond donors (Lipinski definition) is 1. The maximum atomic E-state index is 12.4. The van der Waals surface area contributed by atoms with Gasteiger partial charge >= 0.3 is 0 Å². The monoisotopic (exact) mass is 360 g/mol. The van der Waals surface area contributed by atoms with Gasteiger partial charge in [0.1, 0.15) is 0 Å². The van der Waals surface area contributed by atoms with Crippen molar-refractivity contribution in [3.05, 3.63) is 35.5 Å². The van der Waals surface area contributed by atoms with Gasteiger partial charge in [0.2, 0.25) is 11.8 Å². The Morgan fingerprint density at radius 2 is 2.23 bits per heavy atom. The molecule has 1 saturated heterocycles. The number of methoxy groups -OCH3 is 1. The van der Waals surface area contributed by atoms with E-state index in [1.165, 1.54) is 0 Å². The molecule has 1 fully saturated rings. The molecule has 26 heavy (non-hydrogen) atoms. The van der Waals surface area contributed by atoms with Crippen molar-refractivity contribution in [3.63, 3.8) is 0 Å². The first-order chi connectivity index (χ1) is 12.6. The first-order valence-corrected chi connectivity index (χ1v) is 8.71. The second-order valence-corrected chi connectivity index (χ2v) is 6.13. The molecule has 1 aliphatic rings. The molecule has 2 aromatic rings. The summed E-state index contributed by atoms with van der Waals surface area (Å²) in [4.78, 5) is 18.7. The summed E-state index contributed by atoms with van der Waals surface area (Å²) in [7, 11) is 1.62. The lowest BCUT2D eigenvalue weighted by atomic mass is 10.1. The number of carbonyl (C=O) groups is 1. The van der Waals surface area contributed by atoms with E-state index in [1.54, 1.807) is 14.0 Å². The molecule has 1 aromatic heterocycles. The third-order valence-electron chi connectivity index (χ3n) is 4.29. The van der Waals surface area contributed by atoms with Crippen LogP contribution in [-0.4, -0.2) is 53.8 Å². The van der Waals surface area contributed by atoms with Gasteiger partial charge in [0.05, 0.1) is 26.2 Å². The van der Waals surface area contributed by atoms with Crippen LogP contribution >= 0.6 is 0 Å². The van der Waals surface area contributed by atoms with Crippen LogP contribution < -0.4 is 14.8 Å². The highest BCUT2D eigenvalue weighted by atomic mass is 16.5. The van der Waals surface area contributed by atoms with Crippen LogP contribution in [0.1, 0.15) is 24.2 Å². The van der Waals surface area contributed by atoms with Gasteiger partial charge < -0.3 is 19.3 Å². The molecular formula is C18H24N4O4. The average Bonchev–Trinajstić information content (AvgIpc) is 3.04. The van der Waals surface area contributed by atoms with Gasteiger partial charge in [0, 0.05) is 19.6 Å². The highest BCUT2D eigenvalue weighted by molar-refractivity contribution is 5.82. The van der Waals surface area contributed by atoms with Gasteiger partial charge in [-0.05, 0) is 31.5 Å². The zero-order valence-corrected chi connectivity index (χ0v) is 15.3. The van der Waals surface area contributed by atoms with E-state index in [9.17, 15) is 4.79 Å². The minimum atomic E-state index is -0.346. The fourth-order valence-electron chi connectivity index (χ4n) is 3.08. The number of hydrogen-bond acceptors (Lipinski definition) is 7. The van der Waals surface area contributed by atoms with Gasteiger partial charge in [-0.25, -0.2) is 0 Å². The normalized spacial score (nSPS) is 17.8. The average molecular weight is 360 g/mol. The van der Waals surface area contributed by atoms with Crippen LogP contribution in [0.3, 0.4) is 0 Å². The smallest absolute Gasteiger partial charge is 0.237 e. The van der Waals surface area contributed by atoms with Crippen molar-refractivity contribution in [2.24, 2.45) is 0 Å². The SMILES string of the molecule is CCOc1ccc(CN2CCNC(=O)C2Cc2nc(C)no2)cc1OC. The van der Waals surface area contributed by atoms with Gasteiger partial charge in [-0.3, -0.25) is 9.69 Å². The van der Waals surface area contributed by atoms with Crippen LogP contribution in [0, 0.1) is 6.92 Å². The van der Waals surface area contributed by atoms with Crippen molar-refractivity contribution in [1.82, 2.24) is 20.4 Å². The zero-order chi connectivity index (χ0) is 18.5. The second-order valence-electron chi connectivity index (χ2n) is 6.13. The lowest BCUT2D eigenvalue weighted by Crippen LogP contribution is -2.55. The lowest BCUT2D eigenvalue weighted by Gasteiger charge is -2.34. The molecule has 0 radical (unpaired) electrons. The molecule has 1 N–H and O–H groups in total. The summed E-state index contributed by atoms with van der Waals surface area (Å²) in [6, 6.07) is 5.50. The highest BCUT2D eigenvalue weighted by Gasteiger charge is 2.31. The van der Waals surface area contributed by atoms with Crippen molar-refractivity contribution in [2.75, 3.05) is 26.8 Å². The Kier molecular flexibility index (Phi) is 5.72. The van der Waals surface area contributed by atoms with Gasteiger partial charge in [0.15, 0.2) is 17.3 Å². The summed E-state index contributed by atoms with van der Waals surface area (Å²) in [5, 5.41) is 6.71. The Morgan fingerprint density at radius 1 is 1.38 bits per heavy atom. The molecule has 8 heteroatoms.